The van der Waals surface area contributed by atoms with Crippen LogP contribution in [0.2, 0.25) is 0 Å². The number of benzene rings is 1. The first-order chi connectivity index (χ1) is 10.7. The van der Waals surface area contributed by atoms with Gasteiger partial charge in [0, 0.05) is 6.20 Å². The summed E-state index contributed by atoms with van der Waals surface area (Å²) in [4.78, 5) is 14.6. The van der Waals surface area contributed by atoms with E-state index in [1.807, 2.05) is 44.2 Å². The second-order valence-electron chi connectivity index (χ2n) is 5.26. The normalized spacial score (nSPS) is 11.4. The van der Waals surface area contributed by atoms with E-state index in [1.165, 1.54) is 0 Å². The van der Waals surface area contributed by atoms with Gasteiger partial charge in [0.15, 0.2) is 11.2 Å². The van der Waals surface area contributed by atoms with Crippen LogP contribution in [-0.2, 0) is 0 Å². The maximum absolute atomic E-state index is 11.9. The van der Waals surface area contributed by atoms with Crippen LogP contribution in [0.5, 0.6) is 0 Å². The molecule has 1 N–H and O–H groups in total. The number of aromatic amines is 1. The minimum atomic E-state index is -0.260. The summed E-state index contributed by atoms with van der Waals surface area (Å²) in [6.45, 7) is 3.85. The Morgan fingerprint density at radius 2 is 1.86 bits per heavy atom. The van der Waals surface area contributed by atoms with E-state index in [2.05, 4.69) is 20.3 Å². The Bertz CT molecular complexity index is 1060. The van der Waals surface area contributed by atoms with Crippen LogP contribution >= 0.6 is 0 Å². The molecule has 3 aromatic heterocycles. The van der Waals surface area contributed by atoms with Crippen molar-refractivity contribution in [1.29, 1.82) is 0 Å². The van der Waals surface area contributed by atoms with E-state index in [1.54, 1.807) is 10.7 Å². The number of nitrogens with zero attached hydrogens (tertiary/aromatic N) is 4. The summed E-state index contributed by atoms with van der Waals surface area (Å²) in [6, 6.07) is 9.95. The average molecular weight is 291 g/mol. The molecule has 108 valence electrons. The number of pyridine rings is 1. The Kier molecular flexibility index (Phi) is 2.59. The fourth-order valence-electron chi connectivity index (χ4n) is 2.77. The van der Waals surface area contributed by atoms with Gasteiger partial charge in [-0.05, 0) is 25.0 Å². The standard InChI is InChI=1S/C16H13N5O/c1-9-8-17-16(22)13-14(9)21-15(19-18-13)12(10(2)20-21)11-6-4-3-5-7-11/h3-8H,1-2H3,(H,17,22). The number of H-pyrrole nitrogens is 1. The highest BCUT2D eigenvalue weighted by Gasteiger charge is 2.17. The Morgan fingerprint density at radius 3 is 2.64 bits per heavy atom. The van der Waals surface area contributed by atoms with Gasteiger partial charge in [-0.15, -0.1) is 10.2 Å². The lowest BCUT2D eigenvalue weighted by Crippen LogP contribution is -2.12. The molecule has 22 heavy (non-hydrogen) atoms. The number of rotatable bonds is 1. The maximum Gasteiger partial charge on any atom is 0.278 e. The molecule has 4 rings (SSSR count). The predicted molar refractivity (Wildman–Crippen MR) is 83.8 cm³/mol. The van der Waals surface area contributed by atoms with Gasteiger partial charge in [0.1, 0.15) is 5.52 Å². The first-order valence-corrected chi connectivity index (χ1v) is 6.96. The minimum Gasteiger partial charge on any atom is -0.327 e. The molecule has 0 radical (unpaired) electrons. The van der Waals surface area contributed by atoms with E-state index < -0.39 is 0 Å². The predicted octanol–water partition coefficient (Wildman–Crippen LogP) is 2.25. The number of hydrogen-bond acceptors (Lipinski definition) is 4. The summed E-state index contributed by atoms with van der Waals surface area (Å²) < 4.78 is 1.71. The topological polar surface area (TPSA) is 75.9 Å². The Hall–Kier alpha value is -3.02. The molecule has 4 aromatic rings. The minimum absolute atomic E-state index is 0.260. The van der Waals surface area contributed by atoms with Gasteiger partial charge < -0.3 is 4.98 Å². The zero-order chi connectivity index (χ0) is 15.3. The third-order valence-corrected chi connectivity index (χ3v) is 3.79. The van der Waals surface area contributed by atoms with E-state index in [0.717, 1.165) is 22.4 Å². The summed E-state index contributed by atoms with van der Waals surface area (Å²) in [5.74, 6) is 0. The van der Waals surface area contributed by atoms with Gasteiger partial charge in [0.25, 0.3) is 5.56 Å². The molecule has 0 fully saturated rings. The van der Waals surface area contributed by atoms with Gasteiger partial charge in [-0.1, -0.05) is 30.3 Å². The molecular formula is C16H13N5O. The largest absolute Gasteiger partial charge is 0.327 e. The van der Waals surface area contributed by atoms with E-state index in [-0.39, 0.29) is 5.56 Å². The summed E-state index contributed by atoms with van der Waals surface area (Å²) in [5, 5.41) is 12.9. The van der Waals surface area contributed by atoms with Crippen LogP contribution in [-0.4, -0.2) is 24.8 Å². The molecule has 0 aliphatic carbocycles. The van der Waals surface area contributed by atoms with E-state index in [4.69, 9.17) is 0 Å². The summed E-state index contributed by atoms with van der Waals surface area (Å²) >= 11 is 0. The average Bonchev–Trinajstić information content (AvgIpc) is 2.87. The third kappa shape index (κ3) is 1.67. The van der Waals surface area contributed by atoms with Gasteiger partial charge in [0.2, 0.25) is 0 Å². The van der Waals surface area contributed by atoms with Crippen molar-refractivity contribution in [3.05, 3.63) is 58.1 Å². The zero-order valence-corrected chi connectivity index (χ0v) is 12.2. The van der Waals surface area contributed by atoms with Crippen LogP contribution in [0.3, 0.4) is 0 Å². The molecule has 0 spiro atoms. The second-order valence-corrected chi connectivity index (χ2v) is 5.26. The van der Waals surface area contributed by atoms with Gasteiger partial charge >= 0.3 is 0 Å². The lowest BCUT2D eigenvalue weighted by molar-refractivity contribution is 0.915. The van der Waals surface area contributed by atoms with Crippen LogP contribution in [0, 0.1) is 13.8 Å². The van der Waals surface area contributed by atoms with Crippen molar-refractivity contribution in [3.8, 4) is 11.1 Å². The van der Waals surface area contributed by atoms with Crippen LogP contribution in [0.1, 0.15) is 11.3 Å². The molecule has 3 heterocycles. The Labute approximate surface area is 125 Å². The lowest BCUT2D eigenvalue weighted by atomic mass is 10.1. The first-order valence-electron chi connectivity index (χ1n) is 6.96. The van der Waals surface area contributed by atoms with Crippen LogP contribution < -0.4 is 5.56 Å². The molecule has 0 aliphatic rings. The molecule has 0 saturated heterocycles. The Morgan fingerprint density at radius 1 is 1.09 bits per heavy atom. The van der Waals surface area contributed by atoms with Crippen molar-refractivity contribution >= 4 is 16.7 Å². The van der Waals surface area contributed by atoms with E-state index in [9.17, 15) is 4.79 Å². The molecular weight excluding hydrogens is 278 g/mol. The zero-order valence-electron chi connectivity index (χ0n) is 12.2. The quantitative estimate of drug-likeness (QED) is 0.583. The van der Waals surface area contributed by atoms with Gasteiger partial charge in [-0.2, -0.15) is 5.10 Å². The molecule has 0 saturated carbocycles. The molecule has 0 unspecified atom stereocenters. The van der Waals surface area contributed by atoms with Crippen molar-refractivity contribution in [2.75, 3.05) is 0 Å². The molecule has 6 nitrogen and oxygen atoms in total. The van der Waals surface area contributed by atoms with E-state index >= 15 is 0 Å². The number of fused-ring (bicyclic) bond motifs is 3. The van der Waals surface area contributed by atoms with Crippen LogP contribution in [0.4, 0.5) is 0 Å². The van der Waals surface area contributed by atoms with Crippen molar-refractivity contribution in [3.63, 3.8) is 0 Å². The van der Waals surface area contributed by atoms with E-state index in [0.29, 0.717) is 16.7 Å². The van der Waals surface area contributed by atoms with Crippen molar-refractivity contribution in [2.45, 2.75) is 13.8 Å². The lowest BCUT2D eigenvalue weighted by Gasteiger charge is -2.03. The highest BCUT2D eigenvalue weighted by molar-refractivity contribution is 5.85. The number of nitrogens with one attached hydrogen (secondary N) is 1. The molecule has 0 amide bonds. The van der Waals surface area contributed by atoms with Crippen molar-refractivity contribution < 1.29 is 0 Å². The molecule has 1 aromatic carbocycles. The SMILES string of the molecule is Cc1nn2c(nnc3c(=O)[nH]cc(C)c32)c1-c1ccccc1. The first kappa shape index (κ1) is 12.7. The van der Waals surface area contributed by atoms with Crippen LogP contribution in [0.15, 0.2) is 41.3 Å². The van der Waals surface area contributed by atoms with Gasteiger partial charge in [0.05, 0.1) is 11.3 Å². The molecule has 6 heteroatoms. The highest BCUT2D eigenvalue weighted by atomic mass is 16.1. The number of aryl methyl sites for hydroxylation is 2. The smallest absolute Gasteiger partial charge is 0.278 e. The number of hydrogen-bond donors (Lipinski definition) is 1. The molecule has 0 atom stereocenters. The third-order valence-electron chi connectivity index (χ3n) is 3.79. The fourth-order valence-corrected chi connectivity index (χ4v) is 2.77. The number of aromatic nitrogens is 5. The second kappa shape index (κ2) is 4.49. The monoisotopic (exact) mass is 291 g/mol. The van der Waals surface area contributed by atoms with Gasteiger partial charge in [-0.25, -0.2) is 4.52 Å². The summed E-state index contributed by atoms with van der Waals surface area (Å²) in [6.07, 6.45) is 1.67. The Balaban J connectivity index is 2.19. The molecule has 0 bridgehead atoms. The summed E-state index contributed by atoms with van der Waals surface area (Å²) in [7, 11) is 0. The fraction of sp³-hybridized carbons (Fsp3) is 0.125. The van der Waals surface area contributed by atoms with Crippen molar-refractivity contribution in [1.82, 2.24) is 24.8 Å². The summed E-state index contributed by atoms with van der Waals surface area (Å²) in [5.41, 5.74) is 5.12. The van der Waals surface area contributed by atoms with Gasteiger partial charge in [-0.3, -0.25) is 4.79 Å². The van der Waals surface area contributed by atoms with Crippen molar-refractivity contribution in [2.24, 2.45) is 0 Å². The van der Waals surface area contributed by atoms with Crippen LogP contribution in [0.25, 0.3) is 27.8 Å². The molecule has 0 aliphatic heterocycles. The maximum atomic E-state index is 11.9. The highest BCUT2D eigenvalue weighted by Crippen LogP contribution is 2.28.